The van der Waals surface area contributed by atoms with Gasteiger partial charge in [-0.1, -0.05) is 55.5 Å². The Morgan fingerprint density at radius 2 is 1.59 bits per heavy atom. The van der Waals surface area contributed by atoms with Gasteiger partial charge in [-0.05, 0) is 18.1 Å². The molecule has 0 unspecified atom stereocenters. The van der Waals surface area contributed by atoms with Gasteiger partial charge in [0.25, 0.3) is 0 Å². The monoisotopic (exact) mass is 336 g/mol. The SMILES string of the molecule is COc1ccccc1[C@](O)(c1ccccc1)[C@]1(C)CC1(Cl)Cl. The number of hydrogen-bond acceptors (Lipinski definition) is 2. The zero-order valence-corrected chi connectivity index (χ0v) is 14.0. The van der Waals surface area contributed by atoms with Gasteiger partial charge in [0.15, 0.2) is 0 Å². The van der Waals surface area contributed by atoms with Crippen LogP contribution >= 0.6 is 23.2 Å². The number of ether oxygens (including phenoxy) is 1. The van der Waals surface area contributed by atoms with Crippen molar-refractivity contribution in [2.45, 2.75) is 23.3 Å². The molecule has 116 valence electrons. The Balaban J connectivity index is 2.26. The van der Waals surface area contributed by atoms with Crippen molar-refractivity contribution < 1.29 is 9.84 Å². The molecule has 0 aliphatic heterocycles. The van der Waals surface area contributed by atoms with Crippen LogP contribution in [0.15, 0.2) is 54.6 Å². The third-order valence-corrected chi connectivity index (χ3v) is 5.85. The summed E-state index contributed by atoms with van der Waals surface area (Å²) >= 11 is 12.8. The second-order valence-electron chi connectivity index (χ2n) is 5.99. The summed E-state index contributed by atoms with van der Waals surface area (Å²) < 4.78 is 4.48. The molecule has 0 radical (unpaired) electrons. The molecular weight excluding hydrogens is 319 g/mol. The molecule has 0 heterocycles. The predicted molar refractivity (Wildman–Crippen MR) is 89.6 cm³/mol. The smallest absolute Gasteiger partial charge is 0.127 e. The maximum absolute atomic E-state index is 11.8. The first-order valence-corrected chi connectivity index (χ1v) is 7.92. The van der Waals surface area contributed by atoms with Gasteiger partial charge in [0.05, 0.1) is 7.11 Å². The van der Waals surface area contributed by atoms with E-state index in [0.717, 1.165) is 5.56 Å². The Labute approximate surface area is 140 Å². The van der Waals surface area contributed by atoms with Crippen LogP contribution in [0.3, 0.4) is 0 Å². The van der Waals surface area contributed by atoms with Gasteiger partial charge in [-0.3, -0.25) is 0 Å². The van der Waals surface area contributed by atoms with Crippen LogP contribution in [0.4, 0.5) is 0 Å². The molecule has 2 nitrogen and oxygen atoms in total. The number of halogens is 2. The Kier molecular flexibility index (Phi) is 3.67. The van der Waals surface area contributed by atoms with Crippen molar-refractivity contribution in [3.8, 4) is 5.75 Å². The van der Waals surface area contributed by atoms with Crippen molar-refractivity contribution in [2.75, 3.05) is 7.11 Å². The van der Waals surface area contributed by atoms with Gasteiger partial charge >= 0.3 is 0 Å². The summed E-state index contributed by atoms with van der Waals surface area (Å²) in [4.78, 5) is 0. The Morgan fingerprint density at radius 3 is 2.14 bits per heavy atom. The quantitative estimate of drug-likeness (QED) is 0.832. The first kappa shape index (κ1) is 15.7. The van der Waals surface area contributed by atoms with E-state index in [-0.39, 0.29) is 0 Å². The average Bonchev–Trinajstić information content (AvgIpc) is 3.07. The lowest BCUT2D eigenvalue weighted by atomic mass is 9.74. The van der Waals surface area contributed by atoms with E-state index in [4.69, 9.17) is 27.9 Å². The lowest BCUT2D eigenvalue weighted by molar-refractivity contribution is 0.00634. The lowest BCUT2D eigenvalue weighted by Gasteiger charge is -2.37. The van der Waals surface area contributed by atoms with Crippen LogP contribution in [0, 0.1) is 5.41 Å². The summed E-state index contributed by atoms with van der Waals surface area (Å²) in [5.74, 6) is 0.617. The summed E-state index contributed by atoms with van der Waals surface area (Å²) in [6.07, 6.45) is 0.507. The fraction of sp³-hybridized carbons (Fsp3) is 0.333. The molecule has 2 aromatic rings. The summed E-state index contributed by atoms with van der Waals surface area (Å²) in [5, 5.41) is 11.8. The molecule has 0 saturated heterocycles. The van der Waals surface area contributed by atoms with Gasteiger partial charge in [-0.25, -0.2) is 0 Å². The fourth-order valence-corrected chi connectivity index (χ4v) is 3.99. The molecule has 22 heavy (non-hydrogen) atoms. The third-order valence-electron chi connectivity index (χ3n) is 4.74. The number of para-hydroxylation sites is 1. The number of alkyl halides is 2. The van der Waals surface area contributed by atoms with Gasteiger partial charge in [0.2, 0.25) is 0 Å². The van der Waals surface area contributed by atoms with Crippen LogP contribution < -0.4 is 4.74 Å². The molecule has 0 amide bonds. The summed E-state index contributed by atoms with van der Waals surface area (Å²) in [5.41, 5.74) is -0.594. The summed E-state index contributed by atoms with van der Waals surface area (Å²) in [7, 11) is 1.59. The van der Waals surface area contributed by atoms with Crippen molar-refractivity contribution in [3.63, 3.8) is 0 Å². The number of hydrogen-bond donors (Lipinski definition) is 1. The van der Waals surface area contributed by atoms with Crippen LogP contribution in [-0.2, 0) is 5.60 Å². The van der Waals surface area contributed by atoms with Gasteiger partial charge < -0.3 is 9.84 Å². The fourth-order valence-electron chi connectivity index (χ4n) is 3.19. The molecule has 1 aliphatic rings. The molecule has 1 fully saturated rings. The minimum Gasteiger partial charge on any atom is -0.496 e. The van der Waals surface area contributed by atoms with E-state index in [1.54, 1.807) is 7.11 Å². The highest BCUT2D eigenvalue weighted by molar-refractivity contribution is 6.51. The van der Waals surface area contributed by atoms with E-state index in [0.29, 0.717) is 17.7 Å². The molecule has 4 heteroatoms. The molecule has 0 spiro atoms. The van der Waals surface area contributed by atoms with Gasteiger partial charge in [0.1, 0.15) is 15.7 Å². The largest absolute Gasteiger partial charge is 0.496 e. The average molecular weight is 337 g/mol. The number of rotatable bonds is 4. The molecule has 3 rings (SSSR count). The topological polar surface area (TPSA) is 29.5 Å². The van der Waals surface area contributed by atoms with Gasteiger partial charge in [0, 0.05) is 11.0 Å². The Morgan fingerprint density at radius 1 is 1.05 bits per heavy atom. The molecule has 1 saturated carbocycles. The minimum absolute atomic E-state index is 0.507. The highest BCUT2D eigenvalue weighted by Crippen LogP contribution is 2.73. The van der Waals surface area contributed by atoms with Crippen LogP contribution in [0.1, 0.15) is 24.5 Å². The molecule has 1 N–H and O–H groups in total. The van der Waals surface area contributed by atoms with Crippen molar-refractivity contribution in [3.05, 3.63) is 65.7 Å². The number of methoxy groups -OCH3 is 1. The van der Waals surface area contributed by atoms with E-state index >= 15 is 0 Å². The van der Waals surface area contributed by atoms with E-state index in [9.17, 15) is 5.11 Å². The highest BCUT2D eigenvalue weighted by Gasteiger charge is 2.73. The minimum atomic E-state index is -1.33. The second kappa shape index (κ2) is 5.16. The van der Waals surface area contributed by atoms with Gasteiger partial charge in [-0.2, -0.15) is 0 Å². The number of benzene rings is 2. The Bertz CT molecular complexity index is 686. The van der Waals surface area contributed by atoms with Crippen molar-refractivity contribution in [2.24, 2.45) is 5.41 Å². The predicted octanol–water partition coefficient (Wildman–Crippen LogP) is 4.52. The van der Waals surface area contributed by atoms with Crippen molar-refractivity contribution in [1.29, 1.82) is 0 Å². The zero-order chi connectivity index (χ0) is 16.0. The van der Waals surface area contributed by atoms with Crippen LogP contribution in [0.2, 0.25) is 0 Å². The van der Waals surface area contributed by atoms with Crippen molar-refractivity contribution in [1.82, 2.24) is 0 Å². The maximum Gasteiger partial charge on any atom is 0.127 e. The van der Waals surface area contributed by atoms with Crippen molar-refractivity contribution >= 4 is 23.2 Å². The van der Waals surface area contributed by atoms with Crippen LogP contribution in [0.5, 0.6) is 5.75 Å². The zero-order valence-electron chi connectivity index (χ0n) is 12.5. The first-order valence-electron chi connectivity index (χ1n) is 7.16. The normalized spacial score (nSPS) is 25.3. The lowest BCUT2D eigenvalue weighted by Crippen LogP contribution is -2.39. The molecule has 0 bridgehead atoms. The number of aliphatic hydroxyl groups is 1. The highest BCUT2D eigenvalue weighted by atomic mass is 35.5. The Hall–Kier alpha value is -1.22. The third kappa shape index (κ3) is 2.05. The van der Waals surface area contributed by atoms with E-state index in [1.165, 1.54) is 0 Å². The standard InChI is InChI=1S/C18H18Cl2O2/c1-16(12-17(16,19)20)18(21,13-8-4-3-5-9-13)14-10-6-7-11-15(14)22-2/h3-11,21H,12H2,1-2H3/t16-,18-/m1/s1. The van der Waals surface area contributed by atoms with E-state index < -0.39 is 15.3 Å². The maximum atomic E-state index is 11.8. The van der Waals surface area contributed by atoms with Crippen LogP contribution in [0.25, 0.3) is 0 Å². The second-order valence-corrected chi connectivity index (χ2v) is 7.47. The molecular formula is C18H18Cl2O2. The molecule has 0 aromatic heterocycles. The van der Waals surface area contributed by atoms with Gasteiger partial charge in [-0.15, -0.1) is 23.2 Å². The summed E-state index contributed by atoms with van der Waals surface area (Å²) in [6.45, 7) is 1.91. The van der Waals surface area contributed by atoms with Crippen LogP contribution in [-0.4, -0.2) is 16.5 Å². The first-order chi connectivity index (χ1) is 10.4. The summed E-state index contributed by atoms with van der Waals surface area (Å²) in [6, 6.07) is 16.9. The molecule has 2 aromatic carbocycles. The van der Waals surface area contributed by atoms with E-state index in [2.05, 4.69) is 0 Å². The molecule has 1 aliphatic carbocycles. The van der Waals surface area contributed by atoms with E-state index in [1.807, 2.05) is 61.5 Å². The molecule has 2 atom stereocenters.